The van der Waals surface area contributed by atoms with Gasteiger partial charge in [0.25, 0.3) is 0 Å². The lowest BCUT2D eigenvalue weighted by Crippen LogP contribution is -2.38. The topological polar surface area (TPSA) is 42.2 Å². The molecule has 0 radical (unpaired) electrons. The largest absolute Gasteiger partial charge is 0.408 e. The van der Waals surface area contributed by atoms with Crippen molar-refractivity contribution >= 4 is 17.6 Å². The molecule has 1 aliphatic rings. The van der Waals surface area contributed by atoms with E-state index in [4.69, 9.17) is 16.0 Å². The van der Waals surface area contributed by atoms with Crippen LogP contribution < -0.4 is 4.90 Å². The molecule has 0 aliphatic carbocycles. The Balaban J connectivity index is 2.15. The lowest BCUT2D eigenvalue weighted by atomic mass is 10.0. The molecule has 0 bridgehead atoms. The maximum Gasteiger partial charge on any atom is 0.318 e. The number of anilines is 1. The first-order valence-corrected chi connectivity index (χ1v) is 5.83. The monoisotopic (exact) mass is 229 g/mol. The molecule has 0 spiro atoms. The Hall–Kier alpha value is -0.770. The number of nitrogens with zero attached hydrogens (tertiary/aromatic N) is 3. The van der Waals surface area contributed by atoms with Crippen molar-refractivity contribution in [3.63, 3.8) is 0 Å². The molecule has 1 aromatic heterocycles. The minimum Gasteiger partial charge on any atom is -0.408 e. The smallest absolute Gasteiger partial charge is 0.318 e. The van der Waals surface area contributed by atoms with E-state index in [0.717, 1.165) is 6.54 Å². The van der Waals surface area contributed by atoms with Gasteiger partial charge in [0.2, 0.25) is 5.89 Å². The quantitative estimate of drug-likeness (QED) is 0.746. The normalized spacial score (nSPS) is 19.8. The number of rotatable bonds is 3. The summed E-state index contributed by atoms with van der Waals surface area (Å²) in [6.45, 7) is 5.40. The van der Waals surface area contributed by atoms with E-state index < -0.39 is 0 Å². The van der Waals surface area contributed by atoms with Crippen molar-refractivity contribution in [3.05, 3.63) is 5.89 Å². The molecule has 0 N–H and O–H groups in total. The molecule has 0 amide bonds. The second-order valence-electron chi connectivity index (χ2n) is 4.48. The van der Waals surface area contributed by atoms with E-state index in [9.17, 15) is 0 Å². The number of hydrogen-bond acceptors (Lipinski definition) is 4. The second-order valence-corrected chi connectivity index (χ2v) is 4.86. The Bertz CT molecular complexity index is 337. The molecular formula is C10H16ClN3O. The van der Waals surface area contributed by atoms with Crippen molar-refractivity contribution in [2.45, 2.75) is 38.6 Å². The molecule has 5 heteroatoms. The van der Waals surface area contributed by atoms with E-state index in [1.807, 2.05) is 0 Å². The van der Waals surface area contributed by atoms with Crippen LogP contribution in [0.25, 0.3) is 0 Å². The van der Waals surface area contributed by atoms with Crippen LogP contribution in [-0.2, 0) is 6.42 Å². The molecular weight excluding hydrogens is 214 g/mol. The molecule has 1 aliphatic heterocycles. The lowest BCUT2D eigenvalue weighted by molar-refractivity contribution is 0.441. The van der Waals surface area contributed by atoms with E-state index in [-0.39, 0.29) is 5.54 Å². The van der Waals surface area contributed by atoms with Gasteiger partial charge in [-0.1, -0.05) is 5.10 Å². The maximum absolute atomic E-state index is 5.62. The fourth-order valence-electron chi connectivity index (χ4n) is 2.00. The van der Waals surface area contributed by atoms with Crippen molar-refractivity contribution in [1.29, 1.82) is 0 Å². The van der Waals surface area contributed by atoms with Crippen LogP contribution in [0.2, 0.25) is 0 Å². The molecule has 1 saturated heterocycles. The van der Waals surface area contributed by atoms with E-state index in [0.29, 0.717) is 24.2 Å². The number of aryl methyl sites for hydroxylation is 1. The minimum atomic E-state index is 0.130. The van der Waals surface area contributed by atoms with Crippen LogP contribution in [0, 0.1) is 0 Å². The molecule has 15 heavy (non-hydrogen) atoms. The van der Waals surface area contributed by atoms with Crippen molar-refractivity contribution in [2.24, 2.45) is 0 Å². The molecule has 0 unspecified atom stereocenters. The van der Waals surface area contributed by atoms with Crippen LogP contribution in [0.4, 0.5) is 6.01 Å². The summed E-state index contributed by atoms with van der Waals surface area (Å²) in [6.07, 6.45) is 2.99. The third kappa shape index (κ3) is 2.09. The Kier molecular flexibility index (Phi) is 2.87. The van der Waals surface area contributed by atoms with Crippen molar-refractivity contribution in [2.75, 3.05) is 17.3 Å². The van der Waals surface area contributed by atoms with Gasteiger partial charge >= 0.3 is 6.01 Å². The van der Waals surface area contributed by atoms with Crippen LogP contribution in [0.15, 0.2) is 4.42 Å². The third-order valence-electron chi connectivity index (χ3n) is 2.90. The van der Waals surface area contributed by atoms with Gasteiger partial charge in [-0.3, -0.25) is 0 Å². The van der Waals surface area contributed by atoms with Crippen LogP contribution in [0.5, 0.6) is 0 Å². The SMILES string of the molecule is CC1(C)CCCN1c1nnc(CCCl)o1. The van der Waals surface area contributed by atoms with Crippen molar-refractivity contribution in [1.82, 2.24) is 10.2 Å². The van der Waals surface area contributed by atoms with Crippen LogP contribution in [-0.4, -0.2) is 28.2 Å². The molecule has 0 saturated carbocycles. The molecule has 2 heterocycles. The number of alkyl halides is 1. The number of halogens is 1. The maximum atomic E-state index is 5.62. The summed E-state index contributed by atoms with van der Waals surface area (Å²) in [6, 6.07) is 0.637. The predicted octanol–water partition coefficient (Wildman–Crippen LogP) is 2.23. The first-order valence-electron chi connectivity index (χ1n) is 5.29. The third-order valence-corrected chi connectivity index (χ3v) is 3.09. The first kappa shape index (κ1) is 10.7. The standard InChI is InChI=1S/C10H16ClN3O/c1-10(2)5-3-7-14(10)9-13-12-8(15-9)4-6-11/h3-7H2,1-2H3. The van der Waals surface area contributed by atoms with Crippen molar-refractivity contribution < 1.29 is 4.42 Å². The summed E-state index contributed by atoms with van der Waals surface area (Å²) >= 11 is 5.62. The van der Waals surface area contributed by atoms with E-state index >= 15 is 0 Å². The predicted molar refractivity (Wildman–Crippen MR) is 59.4 cm³/mol. The van der Waals surface area contributed by atoms with Gasteiger partial charge < -0.3 is 9.32 Å². The zero-order valence-corrected chi connectivity index (χ0v) is 9.92. The highest BCUT2D eigenvalue weighted by atomic mass is 35.5. The van der Waals surface area contributed by atoms with Crippen LogP contribution >= 0.6 is 11.6 Å². The number of hydrogen-bond donors (Lipinski definition) is 0. The van der Waals surface area contributed by atoms with Gasteiger partial charge in [0.05, 0.1) is 0 Å². The minimum absolute atomic E-state index is 0.130. The van der Waals surface area contributed by atoms with Gasteiger partial charge in [-0.2, -0.15) is 0 Å². The first-order chi connectivity index (χ1) is 7.13. The summed E-state index contributed by atoms with van der Waals surface area (Å²) in [4.78, 5) is 2.18. The Morgan fingerprint density at radius 2 is 2.27 bits per heavy atom. The molecule has 84 valence electrons. The number of aromatic nitrogens is 2. The average molecular weight is 230 g/mol. The van der Waals surface area contributed by atoms with Gasteiger partial charge in [0.1, 0.15) is 0 Å². The molecule has 1 fully saturated rings. The summed E-state index contributed by atoms with van der Waals surface area (Å²) in [5, 5.41) is 8.04. The summed E-state index contributed by atoms with van der Waals surface area (Å²) in [5.74, 6) is 1.15. The molecule has 4 nitrogen and oxygen atoms in total. The summed E-state index contributed by atoms with van der Waals surface area (Å²) in [5.41, 5.74) is 0.130. The average Bonchev–Trinajstić information content (AvgIpc) is 2.72. The molecule has 2 rings (SSSR count). The molecule has 0 atom stereocenters. The zero-order chi connectivity index (χ0) is 10.9. The zero-order valence-electron chi connectivity index (χ0n) is 9.16. The highest BCUT2D eigenvalue weighted by molar-refractivity contribution is 6.17. The highest BCUT2D eigenvalue weighted by Crippen LogP contribution is 2.32. The van der Waals surface area contributed by atoms with Gasteiger partial charge in [0, 0.05) is 24.4 Å². The van der Waals surface area contributed by atoms with Crippen molar-refractivity contribution in [3.8, 4) is 0 Å². The van der Waals surface area contributed by atoms with Crippen LogP contribution in [0.1, 0.15) is 32.6 Å². The fraction of sp³-hybridized carbons (Fsp3) is 0.800. The second kappa shape index (κ2) is 4.00. The van der Waals surface area contributed by atoms with E-state index in [1.165, 1.54) is 12.8 Å². The van der Waals surface area contributed by atoms with Gasteiger partial charge in [-0.05, 0) is 26.7 Å². The summed E-state index contributed by atoms with van der Waals surface area (Å²) in [7, 11) is 0. The lowest BCUT2D eigenvalue weighted by Gasteiger charge is -2.29. The Morgan fingerprint density at radius 1 is 1.47 bits per heavy atom. The Morgan fingerprint density at radius 3 is 2.87 bits per heavy atom. The Labute approximate surface area is 94.6 Å². The van der Waals surface area contributed by atoms with Gasteiger partial charge in [-0.15, -0.1) is 16.7 Å². The fourth-order valence-corrected chi connectivity index (χ4v) is 2.16. The molecule has 1 aromatic rings. The molecule has 0 aromatic carbocycles. The highest BCUT2D eigenvalue weighted by Gasteiger charge is 2.35. The van der Waals surface area contributed by atoms with Gasteiger partial charge in [-0.25, -0.2) is 0 Å². The van der Waals surface area contributed by atoms with E-state index in [2.05, 4.69) is 28.9 Å². The van der Waals surface area contributed by atoms with Crippen LogP contribution in [0.3, 0.4) is 0 Å². The summed E-state index contributed by atoms with van der Waals surface area (Å²) < 4.78 is 5.56. The van der Waals surface area contributed by atoms with E-state index in [1.54, 1.807) is 0 Å². The van der Waals surface area contributed by atoms with Gasteiger partial charge in [0.15, 0.2) is 0 Å².